The first-order valence-corrected chi connectivity index (χ1v) is 8.67. The average Bonchev–Trinajstić information content (AvgIpc) is 3.34. The van der Waals surface area contributed by atoms with Crippen molar-refractivity contribution in [1.82, 2.24) is 9.78 Å². The predicted octanol–water partition coefficient (Wildman–Crippen LogP) is 2.43. The first kappa shape index (κ1) is 18.5. The van der Waals surface area contributed by atoms with Gasteiger partial charge in [0, 0.05) is 6.07 Å². The minimum Gasteiger partial charge on any atom is -0.497 e. The molecule has 2 aromatic rings. The number of aliphatic imine (C=N–C) groups is 1. The van der Waals surface area contributed by atoms with Crippen molar-refractivity contribution in [3.05, 3.63) is 35.5 Å². The van der Waals surface area contributed by atoms with Gasteiger partial charge in [-0.05, 0) is 25.0 Å². The number of carbonyl (C=O) groups is 1. The lowest BCUT2D eigenvalue weighted by Crippen LogP contribution is -2.28. The van der Waals surface area contributed by atoms with Gasteiger partial charge in [0.2, 0.25) is 5.78 Å². The number of nitrogens with two attached hydrogens (primary N) is 1. The molecule has 1 aromatic carbocycles. The van der Waals surface area contributed by atoms with E-state index in [9.17, 15) is 4.79 Å². The molecule has 8 nitrogen and oxygen atoms in total. The van der Waals surface area contributed by atoms with Crippen molar-refractivity contribution in [2.75, 3.05) is 20.0 Å². The summed E-state index contributed by atoms with van der Waals surface area (Å²) < 4.78 is 11.8. The Morgan fingerprint density at radius 1 is 1.33 bits per heavy atom. The number of hydrogen-bond acceptors (Lipinski definition) is 7. The number of benzene rings is 1. The molecule has 27 heavy (non-hydrogen) atoms. The molecule has 0 amide bonds. The molecule has 1 aromatic heterocycles. The van der Waals surface area contributed by atoms with Crippen LogP contribution in [0.3, 0.4) is 0 Å². The summed E-state index contributed by atoms with van der Waals surface area (Å²) in [5.41, 5.74) is 6.54. The summed E-state index contributed by atoms with van der Waals surface area (Å²) in [5, 5.41) is 13.3. The monoisotopic (exact) mass is 367 g/mol. The maximum atomic E-state index is 13.3. The molecule has 0 atom stereocenters. The van der Waals surface area contributed by atoms with Crippen molar-refractivity contribution >= 4 is 17.4 Å². The Labute approximate surface area is 157 Å². The summed E-state index contributed by atoms with van der Waals surface area (Å²) in [5.74, 6) is 0.743. The second-order valence-electron chi connectivity index (χ2n) is 6.25. The number of anilines is 1. The average molecular weight is 367 g/mol. The highest BCUT2D eigenvalue weighted by molar-refractivity contribution is 6.46. The van der Waals surface area contributed by atoms with Gasteiger partial charge in [-0.1, -0.05) is 12.8 Å². The van der Waals surface area contributed by atoms with E-state index in [0.717, 1.165) is 25.7 Å². The zero-order valence-electron chi connectivity index (χ0n) is 15.3. The predicted molar refractivity (Wildman–Crippen MR) is 100 cm³/mol. The number of aromatic nitrogens is 2. The highest BCUT2D eigenvalue weighted by Gasteiger charge is 2.26. The summed E-state index contributed by atoms with van der Waals surface area (Å²) in [7, 11) is 3.02. The van der Waals surface area contributed by atoms with Crippen LogP contribution in [0.25, 0.3) is 0 Å². The molecule has 1 saturated carbocycles. The van der Waals surface area contributed by atoms with E-state index in [1.165, 1.54) is 25.1 Å². The molecular weight excluding hydrogens is 346 g/mol. The maximum absolute atomic E-state index is 13.3. The Hall–Kier alpha value is -3.34. The maximum Gasteiger partial charge on any atom is 0.233 e. The number of ether oxygens (including phenoxy) is 2. The number of methoxy groups -OCH3 is 2. The van der Waals surface area contributed by atoms with E-state index >= 15 is 0 Å². The van der Waals surface area contributed by atoms with Gasteiger partial charge in [0.25, 0.3) is 0 Å². The Balaban J connectivity index is 2.09. The molecule has 1 aliphatic carbocycles. The van der Waals surface area contributed by atoms with Gasteiger partial charge in [-0.15, -0.1) is 0 Å². The number of carbonyl (C=O) groups excluding carboxylic acids is 1. The summed E-state index contributed by atoms with van der Waals surface area (Å²) in [6.07, 6.45) is 5.28. The van der Waals surface area contributed by atoms with Crippen LogP contribution in [0.5, 0.6) is 11.5 Å². The van der Waals surface area contributed by atoms with Crippen molar-refractivity contribution in [2.24, 2.45) is 4.99 Å². The highest BCUT2D eigenvalue weighted by Crippen LogP contribution is 2.27. The summed E-state index contributed by atoms with van der Waals surface area (Å²) in [6, 6.07) is 6.92. The zero-order chi connectivity index (χ0) is 19.4. The Morgan fingerprint density at radius 2 is 2.07 bits per heavy atom. The number of hydrogen-bond donors (Lipinski definition) is 1. The van der Waals surface area contributed by atoms with Gasteiger partial charge in [-0.25, -0.2) is 0 Å². The number of rotatable bonds is 5. The van der Waals surface area contributed by atoms with Crippen molar-refractivity contribution < 1.29 is 14.3 Å². The van der Waals surface area contributed by atoms with Crippen molar-refractivity contribution in [3.8, 4) is 17.6 Å². The second kappa shape index (κ2) is 7.91. The molecule has 8 heteroatoms. The number of nitrogens with zero attached hydrogens (tertiary/aromatic N) is 4. The van der Waals surface area contributed by atoms with Gasteiger partial charge >= 0.3 is 0 Å². The van der Waals surface area contributed by atoms with E-state index in [4.69, 9.17) is 20.5 Å². The van der Waals surface area contributed by atoms with Gasteiger partial charge in [0.05, 0.1) is 32.0 Å². The largest absolute Gasteiger partial charge is 0.497 e. The van der Waals surface area contributed by atoms with Crippen LogP contribution in [0.15, 0.2) is 29.4 Å². The van der Waals surface area contributed by atoms with Crippen molar-refractivity contribution in [1.29, 1.82) is 5.26 Å². The van der Waals surface area contributed by atoms with Crippen LogP contribution in [-0.4, -0.2) is 41.7 Å². The van der Waals surface area contributed by atoms with E-state index in [-0.39, 0.29) is 29.0 Å². The molecule has 3 rings (SSSR count). The molecule has 1 aliphatic rings. The second-order valence-corrected chi connectivity index (χ2v) is 6.25. The molecule has 140 valence electrons. The Morgan fingerprint density at radius 3 is 2.67 bits per heavy atom. The molecule has 1 heterocycles. The third kappa shape index (κ3) is 3.62. The summed E-state index contributed by atoms with van der Waals surface area (Å²) >= 11 is 0. The molecule has 2 N–H and O–H groups in total. The number of nitrogen functional groups attached to an aromatic ring is 1. The third-order valence-electron chi connectivity index (χ3n) is 4.61. The topological polar surface area (TPSA) is 116 Å². The van der Waals surface area contributed by atoms with Gasteiger partial charge in [-0.2, -0.15) is 15.0 Å². The number of nitriles is 1. The minimum atomic E-state index is -0.374. The molecule has 1 fully saturated rings. The minimum absolute atomic E-state index is 0.0299. The molecule has 0 bridgehead atoms. The standard InChI is InChI=1S/C19H21N5O3/c1-26-14-7-8-15(16(9-14)27-2)17(25)19(23-13-5-3-4-6-13)24-18(21)12(10-20)11-22-24/h7-9,11,13H,3-6,21H2,1-2H3/b23-19-. The summed E-state index contributed by atoms with van der Waals surface area (Å²) in [4.78, 5) is 18.0. The Bertz CT molecular complexity index is 920. The fourth-order valence-electron chi connectivity index (χ4n) is 3.14. The van der Waals surface area contributed by atoms with Crippen LogP contribution in [0.2, 0.25) is 0 Å². The van der Waals surface area contributed by atoms with E-state index < -0.39 is 0 Å². The van der Waals surface area contributed by atoms with Crippen molar-refractivity contribution in [2.45, 2.75) is 31.7 Å². The molecule has 0 unspecified atom stereocenters. The van der Waals surface area contributed by atoms with Crippen LogP contribution >= 0.6 is 0 Å². The third-order valence-corrected chi connectivity index (χ3v) is 4.61. The van der Waals surface area contributed by atoms with Gasteiger partial charge in [0.1, 0.15) is 28.9 Å². The fraction of sp³-hybridized carbons (Fsp3) is 0.368. The molecule has 0 aliphatic heterocycles. The fourth-order valence-corrected chi connectivity index (χ4v) is 3.14. The normalized spacial score (nSPS) is 14.8. The quantitative estimate of drug-likeness (QED) is 0.493. The van der Waals surface area contributed by atoms with Crippen LogP contribution in [-0.2, 0) is 0 Å². The van der Waals surface area contributed by atoms with Gasteiger partial charge in [-0.3, -0.25) is 9.79 Å². The molecular formula is C19H21N5O3. The first-order valence-electron chi connectivity index (χ1n) is 8.67. The summed E-state index contributed by atoms with van der Waals surface area (Å²) in [6.45, 7) is 0. The van der Waals surface area contributed by atoms with Crippen molar-refractivity contribution in [3.63, 3.8) is 0 Å². The van der Waals surface area contributed by atoms with E-state index in [2.05, 4.69) is 10.1 Å². The molecule has 0 spiro atoms. The van der Waals surface area contributed by atoms with Crippen LogP contribution < -0.4 is 15.2 Å². The van der Waals surface area contributed by atoms with Crippen LogP contribution in [0.4, 0.5) is 5.82 Å². The first-order chi connectivity index (χ1) is 13.1. The zero-order valence-corrected chi connectivity index (χ0v) is 15.3. The highest BCUT2D eigenvalue weighted by atomic mass is 16.5. The van der Waals surface area contributed by atoms with Gasteiger partial charge < -0.3 is 15.2 Å². The number of Topliss-reactive ketones (excluding diaryl/α,β-unsaturated/α-hetero) is 1. The molecule has 0 radical (unpaired) electrons. The lowest BCUT2D eigenvalue weighted by Gasteiger charge is -2.13. The SMILES string of the molecule is COc1ccc(C(=O)/C(=N/C2CCCC2)n2ncc(C#N)c2N)c(OC)c1. The Kier molecular flexibility index (Phi) is 5.41. The lowest BCUT2D eigenvalue weighted by molar-refractivity contribution is 0.105. The molecule has 0 saturated heterocycles. The van der Waals surface area contributed by atoms with E-state index in [1.807, 2.05) is 6.07 Å². The van der Waals surface area contributed by atoms with Gasteiger partial charge in [0.15, 0.2) is 5.84 Å². The smallest absolute Gasteiger partial charge is 0.233 e. The van der Waals surface area contributed by atoms with E-state index in [0.29, 0.717) is 17.1 Å². The van der Waals surface area contributed by atoms with E-state index in [1.54, 1.807) is 18.2 Å². The lowest BCUT2D eigenvalue weighted by atomic mass is 10.1. The number of ketones is 1. The van der Waals surface area contributed by atoms with Crippen LogP contribution in [0.1, 0.15) is 41.6 Å². The van der Waals surface area contributed by atoms with Crippen LogP contribution in [0, 0.1) is 11.3 Å².